The fourth-order valence-electron chi connectivity index (χ4n) is 4.86. The number of aromatic nitrogens is 2. The van der Waals surface area contributed by atoms with Gasteiger partial charge in [0.1, 0.15) is 23.9 Å². The lowest BCUT2D eigenvalue weighted by atomic mass is 10.0. The number of carbonyl (C=O) groups is 2. The van der Waals surface area contributed by atoms with Crippen LogP contribution in [0.4, 0.5) is 17.2 Å². The molecule has 1 saturated carbocycles. The molecule has 0 bridgehead atoms. The van der Waals surface area contributed by atoms with E-state index in [0.717, 1.165) is 30.4 Å². The predicted molar refractivity (Wildman–Crippen MR) is 145 cm³/mol. The van der Waals surface area contributed by atoms with Crippen molar-refractivity contribution in [3.8, 4) is 22.8 Å². The Morgan fingerprint density at radius 3 is 2.65 bits per heavy atom. The first kappa shape index (κ1) is 24.9. The number of methoxy groups -OCH3 is 1. The van der Waals surface area contributed by atoms with Gasteiger partial charge >= 0.3 is 0 Å². The molecule has 192 valence electrons. The van der Waals surface area contributed by atoms with E-state index in [0.29, 0.717) is 53.5 Å². The van der Waals surface area contributed by atoms with Crippen LogP contribution < -0.4 is 19.7 Å². The lowest BCUT2D eigenvalue weighted by molar-refractivity contribution is -0.117. The summed E-state index contributed by atoms with van der Waals surface area (Å²) < 4.78 is 11.4. The third-order valence-corrected chi connectivity index (χ3v) is 7.05. The van der Waals surface area contributed by atoms with Crippen LogP contribution in [0.15, 0.2) is 48.8 Å². The summed E-state index contributed by atoms with van der Waals surface area (Å²) in [7, 11) is 3.47. The molecule has 2 aliphatic heterocycles. The van der Waals surface area contributed by atoms with Crippen LogP contribution in [0.25, 0.3) is 11.1 Å². The maximum Gasteiger partial charge on any atom is 0.253 e. The Morgan fingerprint density at radius 1 is 1.14 bits per heavy atom. The van der Waals surface area contributed by atoms with E-state index >= 15 is 0 Å². The Bertz CT molecular complexity index is 1350. The Hall–Kier alpha value is -3.79. The van der Waals surface area contributed by atoms with Gasteiger partial charge in [-0.15, -0.1) is 0 Å². The normalized spacial score (nSPS) is 17.7. The van der Waals surface area contributed by atoms with Crippen molar-refractivity contribution in [3.05, 3.63) is 54.4 Å². The standard InChI is InChI=1S/C27H27N5O4.H2S/c1-31(19-7-8-19)27(34)17-5-3-16(4-6-17)21-14-28-24(12-23(21)35-2)30-18-11-22-26(29-13-18)36-15-20-9-10-25(33)32(20)22;/h3-6,11-14,19-20H,7-10,15H2,1-2H3,(H,28,30);1H2/t20-;/m0./s1. The van der Waals surface area contributed by atoms with Gasteiger partial charge in [-0.05, 0) is 43.0 Å². The number of benzene rings is 1. The largest absolute Gasteiger partial charge is 0.496 e. The highest BCUT2D eigenvalue weighted by Gasteiger charge is 2.38. The minimum Gasteiger partial charge on any atom is -0.496 e. The second-order valence-electron chi connectivity index (χ2n) is 9.43. The number of anilines is 3. The molecule has 3 aromatic rings. The zero-order valence-corrected chi connectivity index (χ0v) is 21.7. The van der Waals surface area contributed by atoms with Crippen LogP contribution in [-0.2, 0) is 4.79 Å². The van der Waals surface area contributed by atoms with E-state index in [1.165, 1.54) is 0 Å². The molecule has 2 aromatic heterocycles. The third kappa shape index (κ3) is 4.69. The molecular formula is C27H29N5O4S. The van der Waals surface area contributed by atoms with E-state index in [-0.39, 0.29) is 31.4 Å². The molecule has 0 spiro atoms. The maximum atomic E-state index is 12.6. The number of nitrogens with zero attached hydrogens (tertiary/aromatic N) is 4. The van der Waals surface area contributed by atoms with Gasteiger partial charge in [0.05, 0.1) is 25.0 Å². The summed E-state index contributed by atoms with van der Waals surface area (Å²) in [5.41, 5.74) is 3.77. The van der Waals surface area contributed by atoms with Crippen molar-refractivity contribution in [2.24, 2.45) is 0 Å². The number of ether oxygens (including phenoxy) is 2. The van der Waals surface area contributed by atoms with Gasteiger partial charge in [-0.1, -0.05) is 12.1 Å². The first-order valence-electron chi connectivity index (χ1n) is 12.2. The molecule has 2 amide bonds. The molecule has 1 N–H and O–H groups in total. The number of pyridine rings is 2. The molecule has 3 aliphatic rings. The second kappa shape index (κ2) is 9.93. The van der Waals surface area contributed by atoms with Gasteiger partial charge in [-0.25, -0.2) is 9.97 Å². The number of hydrogen-bond donors (Lipinski definition) is 1. The fourth-order valence-corrected chi connectivity index (χ4v) is 4.86. The number of hydrogen-bond acceptors (Lipinski definition) is 7. The van der Waals surface area contributed by atoms with Crippen LogP contribution in [-0.4, -0.2) is 59.5 Å². The number of amides is 2. The molecule has 6 rings (SSSR count). The van der Waals surface area contributed by atoms with E-state index in [9.17, 15) is 9.59 Å². The quantitative estimate of drug-likeness (QED) is 0.523. The van der Waals surface area contributed by atoms with Gasteiger partial charge in [0.15, 0.2) is 0 Å². The van der Waals surface area contributed by atoms with Crippen LogP contribution in [0.2, 0.25) is 0 Å². The van der Waals surface area contributed by atoms with Gasteiger partial charge < -0.3 is 24.6 Å². The van der Waals surface area contributed by atoms with E-state index < -0.39 is 0 Å². The lowest BCUT2D eigenvalue weighted by Gasteiger charge is -2.31. The average molecular weight is 520 g/mol. The monoisotopic (exact) mass is 519 g/mol. The number of rotatable bonds is 6. The summed E-state index contributed by atoms with van der Waals surface area (Å²) in [4.78, 5) is 37.6. The van der Waals surface area contributed by atoms with Crippen molar-refractivity contribution in [2.75, 3.05) is 31.0 Å². The van der Waals surface area contributed by atoms with Crippen LogP contribution in [0.1, 0.15) is 36.0 Å². The summed E-state index contributed by atoms with van der Waals surface area (Å²) in [6.07, 6.45) is 6.88. The Labute approximate surface area is 222 Å². The molecule has 2 fully saturated rings. The van der Waals surface area contributed by atoms with E-state index in [4.69, 9.17) is 9.47 Å². The van der Waals surface area contributed by atoms with Crippen molar-refractivity contribution < 1.29 is 19.1 Å². The minimum absolute atomic E-state index is 0. The average Bonchev–Trinajstić information content (AvgIpc) is 3.69. The number of carbonyl (C=O) groups excluding carboxylic acids is 2. The topological polar surface area (TPSA) is 96.9 Å². The van der Waals surface area contributed by atoms with Crippen molar-refractivity contribution in [1.29, 1.82) is 0 Å². The highest BCUT2D eigenvalue weighted by molar-refractivity contribution is 7.59. The predicted octanol–water partition coefficient (Wildman–Crippen LogP) is 4.13. The second-order valence-corrected chi connectivity index (χ2v) is 9.43. The maximum absolute atomic E-state index is 12.6. The highest BCUT2D eigenvalue weighted by atomic mass is 32.1. The van der Waals surface area contributed by atoms with E-state index in [1.54, 1.807) is 24.4 Å². The smallest absolute Gasteiger partial charge is 0.253 e. The first-order chi connectivity index (χ1) is 17.5. The van der Waals surface area contributed by atoms with Crippen molar-refractivity contribution in [3.63, 3.8) is 0 Å². The molecule has 4 heterocycles. The van der Waals surface area contributed by atoms with Crippen LogP contribution in [0, 0.1) is 0 Å². The van der Waals surface area contributed by atoms with Crippen molar-refractivity contribution in [1.82, 2.24) is 14.9 Å². The number of fused-ring (bicyclic) bond motifs is 3. The SMILES string of the molecule is COc1cc(Nc2cnc3c(c2)N2C(=O)CC[C@H]2CO3)ncc1-c1ccc(C(=O)N(C)C2CC2)cc1.S. The molecule has 0 unspecified atom stereocenters. The Kier molecular flexibility index (Phi) is 6.68. The highest BCUT2D eigenvalue weighted by Crippen LogP contribution is 2.39. The van der Waals surface area contributed by atoms with Gasteiger partial charge in [0, 0.05) is 42.9 Å². The molecule has 10 heteroatoms. The minimum atomic E-state index is 0. The fraction of sp³-hybridized carbons (Fsp3) is 0.333. The van der Waals surface area contributed by atoms with Crippen LogP contribution in [0.5, 0.6) is 11.6 Å². The lowest BCUT2D eigenvalue weighted by Crippen LogP contribution is -2.40. The molecule has 1 saturated heterocycles. The Balaban J connectivity index is 0.00000280. The van der Waals surface area contributed by atoms with Crippen molar-refractivity contribution in [2.45, 2.75) is 37.8 Å². The van der Waals surface area contributed by atoms with Crippen LogP contribution >= 0.6 is 13.5 Å². The van der Waals surface area contributed by atoms with Crippen molar-refractivity contribution >= 4 is 42.5 Å². The van der Waals surface area contributed by atoms with Gasteiger partial charge in [-0.3, -0.25) is 9.59 Å². The third-order valence-electron chi connectivity index (χ3n) is 7.05. The summed E-state index contributed by atoms with van der Waals surface area (Å²) >= 11 is 0. The van der Waals surface area contributed by atoms with E-state index in [1.807, 2.05) is 48.3 Å². The molecular weight excluding hydrogens is 490 g/mol. The zero-order chi connectivity index (χ0) is 24.8. The first-order valence-corrected chi connectivity index (χ1v) is 12.2. The number of nitrogens with one attached hydrogen (secondary N) is 1. The Morgan fingerprint density at radius 2 is 1.92 bits per heavy atom. The van der Waals surface area contributed by atoms with Gasteiger partial charge in [0.2, 0.25) is 11.8 Å². The molecule has 1 aromatic carbocycles. The summed E-state index contributed by atoms with van der Waals surface area (Å²) in [5, 5.41) is 3.26. The molecule has 1 atom stereocenters. The van der Waals surface area contributed by atoms with E-state index in [2.05, 4.69) is 15.3 Å². The molecule has 9 nitrogen and oxygen atoms in total. The van der Waals surface area contributed by atoms with Crippen LogP contribution in [0.3, 0.4) is 0 Å². The molecule has 37 heavy (non-hydrogen) atoms. The summed E-state index contributed by atoms with van der Waals surface area (Å²) in [6.45, 7) is 0.477. The van der Waals surface area contributed by atoms with Gasteiger partial charge in [0.25, 0.3) is 5.91 Å². The zero-order valence-electron chi connectivity index (χ0n) is 20.7. The molecule has 0 radical (unpaired) electrons. The summed E-state index contributed by atoms with van der Waals surface area (Å²) in [5.74, 6) is 1.83. The summed E-state index contributed by atoms with van der Waals surface area (Å²) in [6, 6.07) is 11.6. The van der Waals surface area contributed by atoms with Gasteiger partial charge in [-0.2, -0.15) is 13.5 Å². The molecule has 1 aliphatic carbocycles.